The van der Waals surface area contributed by atoms with Crippen LogP contribution in [0, 0.1) is 17.5 Å². The van der Waals surface area contributed by atoms with Crippen LogP contribution < -0.4 is 10.1 Å². The first-order chi connectivity index (χ1) is 10.0. The van der Waals surface area contributed by atoms with Crippen LogP contribution in [0.4, 0.5) is 13.2 Å². The van der Waals surface area contributed by atoms with Gasteiger partial charge in [-0.15, -0.1) is 0 Å². The molecule has 5 heteroatoms. The van der Waals surface area contributed by atoms with Crippen molar-refractivity contribution in [3.8, 4) is 5.75 Å². The molecule has 1 atom stereocenters. The molecule has 0 aliphatic rings. The van der Waals surface area contributed by atoms with Crippen molar-refractivity contribution in [2.45, 2.75) is 19.6 Å². The first-order valence-electron chi connectivity index (χ1n) is 6.54. The van der Waals surface area contributed by atoms with Crippen molar-refractivity contribution in [3.63, 3.8) is 0 Å². The van der Waals surface area contributed by atoms with Gasteiger partial charge < -0.3 is 10.1 Å². The van der Waals surface area contributed by atoms with Crippen LogP contribution in [0.1, 0.15) is 24.1 Å². The van der Waals surface area contributed by atoms with Gasteiger partial charge in [-0.1, -0.05) is 6.07 Å². The molecule has 0 aliphatic heterocycles. The molecule has 0 amide bonds. The summed E-state index contributed by atoms with van der Waals surface area (Å²) in [6.45, 7) is 1.72. The summed E-state index contributed by atoms with van der Waals surface area (Å²) in [4.78, 5) is 0. The maximum atomic E-state index is 13.5. The maximum absolute atomic E-state index is 13.5. The molecule has 2 nitrogen and oxygen atoms in total. The molecule has 0 fully saturated rings. The average molecular weight is 295 g/mol. The van der Waals surface area contributed by atoms with E-state index in [4.69, 9.17) is 4.74 Å². The molecule has 0 aromatic heterocycles. The molecule has 0 bridgehead atoms. The molecule has 1 unspecified atom stereocenters. The van der Waals surface area contributed by atoms with Gasteiger partial charge in [0.05, 0.1) is 0 Å². The number of hydrogen-bond donors (Lipinski definition) is 1. The highest BCUT2D eigenvalue weighted by atomic mass is 19.1. The number of nitrogens with one attached hydrogen (secondary N) is 1. The molecule has 0 saturated heterocycles. The van der Waals surface area contributed by atoms with E-state index in [0.29, 0.717) is 5.75 Å². The summed E-state index contributed by atoms with van der Waals surface area (Å²) in [5.41, 5.74) is 0.832. The highest BCUT2D eigenvalue weighted by molar-refractivity contribution is 5.36. The molecule has 0 radical (unpaired) electrons. The summed E-state index contributed by atoms with van der Waals surface area (Å²) in [6.07, 6.45) is 0. The number of halogens is 3. The Morgan fingerprint density at radius 2 is 1.71 bits per heavy atom. The molecular weight excluding hydrogens is 279 g/mol. The van der Waals surface area contributed by atoms with Crippen LogP contribution in [0.5, 0.6) is 5.75 Å². The molecule has 0 heterocycles. The summed E-state index contributed by atoms with van der Waals surface area (Å²) >= 11 is 0. The third-order valence-corrected chi connectivity index (χ3v) is 3.27. The monoisotopic (exact) mass is 295 g/mol. The van der Waals surface area contributed by atoms with Crippen LogP contribution in [0.15, 0.2) is 36.4 Å². The topological polar surface area (TPSA) is 21.3 Å². The van der Waals surface area contributed by atoms with Gasteiger partial charge in [0.1, 0.15) is 29.8 Å². The van der Waals surface area contributed by atoms with E-state index >= 15 is 0 Å². The van der Waals surface area contributed by atoms with Gasteiger partial charge in [-0.3, -0.25) is 0 Å². The van der Waals surface area contributed by atoms with Crippen molar-refractivity contribution in [2.24, 2.45) is 0 Å². The second kappa shape index (κ2) is 6.63. The second-order valence-electron chi connectivity index (χ2n) is 4.72. The fraction of sp³-hybridized carbons (Fsp3) is 0.250. The Kier molecular flexibility index (Phi) is 4.85. The lowest BCUT2D eigenvalue weighted by Gasteiger charge is -2.17. The van der Waals surface area contributed by atoms with Gasteiger partial charge in [0.2, 0.25) is 0 Å². The fourth-order valence-electron chi connectivity index (χ4n) is 1.96. The number of hydrogen-bond acceptors (Lipinski definition) is 2. The Bertz CT molecular complexity index is 631. The summed E-state index contributed by atoms with van der Waals surface area (Å²) in [5.74, 6) is -1.24. The van der Waals surface area contributed by atoms with Crippen molar-refractivity contribution in [1.29, 1.82) is 0 Å². The largest absolute Gasteiger partial charge is 0.488 e. The van der Waals surface area contributed by atoms with Gasteiger partial charge in [-0.05, 0) is 38.2 Å². The van der Waals surface area contributed by atoms with Gasteiger partial charge in [0, 0.05) is 23.2 Å². The lowest BCUT2D eigenvalue weighted by Crippen LogP contribution is -2.14. The maximum Gasteiger partial charge on any atom is 0.130 e. The lowest BCUT2D eigenvalue weighted by molar-refractivity contribution is 0.292. The molecule has 0 spiro atoms. The van der Waals surface area contributed by atoms with E-state index < -0.39 is 17.5 Å². The smallest absolute Gasteiger partial charge is 0.130 e. The minimum atomic E-state index is -0.559. The zero-order valence-electron chi connectivity index (χ0n) is 11.8. The van der Waals surface area contributed by atoms with Crippen LogP contribution >= 0.6 is 0 Å². The molecular formula is C16H16F3NO. The number of ether oxygens (including phenoxy) is 1. The summed E-state index contributed by atoms with van der Waals surface area (Å²) in [5, 5.41) is 3.02. The zero-order valence-corrected chi connectivity index (χ0v) is 11.8. The van der Waals surface area contributed by atoms with Crippen LogP contribution in [-0.4, -0.2) is 7.05 Å². The Hall–Kier alpha value is -2.01. The van der Waals surface area contributed by atoms with Crippen LogP contribution in [0.3, 0.4) is 0 Å². The van der Waals surface area contributed by atoms with E-state index in [2.05, 4.69) is 5.32 Å². The van der Waals surface area contributed by atoms with Crippen molar-refractivity contribution in [3.05, 3.63) is 65.0 Å². The van der Waals surface area contributed by atoms with Crippen LogP contribution in [0.2, 0.25) is 0 Å². The minimum absolute atomic E-state index is 0.0574. The third kappa shape index (κ3) is 3.76. The van der Waals surface area contributed by atoms with Gasteiger partial charge in [-0.25, -0.2) is 13.2 Å². The van der Waals surface area contributed by atoms with Gasteiger partial charge in [-0.2, -0.15) is 0 Å². The summed E-state index contributed by atoms with van der Waals surface area (Å²) in [6, 6.07) is 7.26. The number of benzene rings is 2. The SMILES string of the molecule is CNC(C)c1ccc(F)cc1OCc1cc(F)ccc1F. The minimum Gasteiger partial charge on any atom is -0.488 e. The van der Waals surface area contributed by atoms with Crippen molar-refractivity contribution < 1.29 is 17.9 Å². The van der Waals surface area contributed by atoms with Crippen molar-refractivity contribution in [2.75, 3.05) is 7.05 Å². The van der Waals surface area contributed by atoms with Gasteiger partial charge >= 0.3 is 0 Å². The van der Waals surface area contributed by atoms with Gasteiger partial charge in [0.15, 0.2) is 0 Å². The number of rotatable bonds is 5. The molecule has 2 rings (SSSR count). The molecule has 0 aliphatic carbocycles. The molecule has 2 aromatic rings. The Labute approximate surface area is 121 Å². The Balaban J connectivity index is 2.23. The van der Waals surface area contributed by atoms with Gasteiger partial charge in [0.25, 0.3) is 0 Å². The predicted molar refractivity (Wildman–Crippen MR) is 74.6 cm³/mol. The average Bonchev–Trinajstić information content (AvgIpc) is 2.47. The van der Waals surface area contributed by atoms with Crippen molar-refractivity contribution in [1.82, 2.24) is 5.32 Å². The lowest BCUT2D eigenvalue weighted by atomic mass is 10.1. The third-order valence-electron chi connectivity index (χ3n) is 3.27. The summed E-state index contributed by atoms with van der Waals surface area (Å²) in [7, 11) is 1.77. The second-order valence-corrected chi connectivity index (χ2v) is 4.72. The summed E-state index contributed by atoms with van der Waals surface area (Å²) < 4.78 is 45.5. The van der Waals surface area contributed by atoms with E-state index in [1.54, 1.807) is 13.1 Å². The quantitative estimate of drug-likeness (QED) is 0.901. The van der Waals surface area contributed by atoms with E-state index in [1.807, 2.05) is 6.92 Å². The van der Waals surface area contributed by atoms with E-state index in [-0.39, 0.29) is 18.2 Å². The highest BCUT2D eigenvalue weighted by Gasteiger charge is 2.12. The predicted octanol–water partition coefficient (Wildman–Crippen LogP) is 3.96. The first kappa shape index (κ1) is 15.4. The molecule has 1 N–H and O–H groups in total. The normalized spacial score (nSPS) is 12.2. The molecule has 112 valence electrons. The zero-order chi connectivity index (χ0) is 15.4. The van der Waals surface area contributed by atoms with E-state index in [9.17, 15) is 13.2 Å². The van der Waals surface area contributed by atoms with E-state index in [0.717, 1.165) is 23.8 Å². The molecule has 0 saturated carbocycles. The molecule has 2 aromatic carbocycles. The molecule has 21 heavy (non-hydrogen) atoms. The van der Waals surface area contributed by atoms with Crippen LogP contribution in [-0.2, 0) is 6.61 Å². The Morgan fingerprint density at radius 1 is 1.05 bits per heavy atom. The van der Waals surface area contributed by atoms with Crippen molar-refractivity contribution >= 4 is 0 Å². The first-order valence-corrected chi connectivity index (χ1v) is 6.54. The Morgan fingerprint density at radius 3 is 2.43 bits per heavy atom. The highest BCUT2D eigenvalue weighted by Crippen LogP contribution is 2.27. The van der Waals surface area contributed by atoms with E-state index in [1.165, 1.54) is 12.1 Å². The standard InChI is InChI=1S/C16H16F3NO/c1-10(20-2)14-5-3-13(18)8-16(14)21-9-11-7-12(17)4-6-15(11)19/h3-8,10,20H,9H2,1-2H3. The fourth-order valence-corrected chi connectivity index (χ4v) is 1.96. The van der Waals surface area contributed by atoms with Crippen LogP contribution in [0.25, 0.3) is 0 Å².